The molecule has 0 aliphatic carbocycles. The number of aliphatic hydroxyl groups is 2. The van der Waals surface area contributed by atoms with Gasteiger partial charge in [-0.3, -0.25) is 4.79 Å². The van der Waals surface area contributed by atoms with E-state index in [1.165, 1.54) is 12.3 Å². The van der Waals surface area contributed by atoms with Crippen LogP contribution in [-0.2, 0) is 0 Å². The Morgan fingerprint density at radius 2 is 2.21 bits per heavy atom. The minimum atomic E-state index is -1.18. The molecule has 0 radical (unpaired) electrons. The Hall–Kier alpha value is -0.840. The van der Waals surface area contributed by atoms with E-state index in [-0.39, 0.29) is 17.9 Å². The molecule has 0 bridgehead atoms. The van der Waals surface area contributed by atoms with Crippen molar-refractivity contribution in [1.29, 1.82) is 0 Å². The predicted molar refractivity (Wildman–Crippen MR) is 53.4 cm³/mol. The van der Waals surface area contributed by atoms with Crippen molar-refractivity contribution in [3.8, 4) is 0 Å². The van der Waals surface area contributed by atoms with E-state index in [2.05, 4.69) is 4.98 Å². The molecular weight excluding hydrogens is 206 g/mol. The number of pyridine rings is 1. The Kier molecular flexibility index (Phi) is 4.13. The van der Waals surface area contributed by atoms with Crippen molar-refractivity contribution in [3.63, 3.8) is 0 Å². The van der Waals surface area contributed by atoms with Gasteiger partial charge in [0.25, 0.3) is 5.56 Å². The topological polar surface area (TPSA) is 73.3 Å². The lowest BCUT2D eigenvalue weighted by Gasteiger charge is -2.15. The molecule has 78 valence electrons. The highest BCUT2D eigenvalue weighted by molar-refractivity contribution is 6.17. The van der Waals surface area contributed by atoms with Crippen molar-refractivity contribution in [1.82, 2.24) is 4.98 Å². The van der Waals surface area contributed by atoms with Gasteiger partial charge in [0.2, 0.25) is 0 Å². The lowest BCUT2D eigenvalue weighted by molar-refractivity contribution is 0.0161. The normalized spacial score (nSPS) is 15.1. The van der Waals surface area contributed by atoms with E-state index in [0.29, 0.717) is 0 Å². The van der Waals surface area contributed by atoms with Crippen LogP contribution in [0.15, 0.2) is 23.1 Å². The second-order valence-electron chi connectivity index (χ2n) is 2.94. The Bertz CT molecular complexity index is 339. The number of aliphatic hydroxyl groups excluding tert-OH is 2. The average Bonchev–Trinajstić information content (AvgIpc) is 2.18. The molecule has 0 saturated carbocycles. The molecule has 1 aromatic heterocycles. The molecule has 0 aromatic carbocycles. The first-order valence-corrected chi connectivity index (χ1v) is 4.80. The third-order valence-electron chi connectivity index (χ3n) is 1.94. The molecule has 0 fully saturated rings. The monoisotopic (exact) mass is 217 g/mol. The maximum absolute atomic E-state index is 11.2. The summed E-state index contributed by atoms with van der Waals surface area (Å²) in [5.74, 6) is 0.239. The molecular formula is C9H12ClNO3. The summed E-state index contributed by atoms with van der Waals surface area (Å²) < 4.78 is 0. The van der Waals surface area contributed by atoms with Gasteiger partial charge in [-0.05, 0) is 18.6 Å². The second-order valence-corrected chi connectivity index (χ2v) is 3.32. The smallest absolute Gasteiger partial charge is 0.253 e. The highest BCUT2D eigenvalue weighted by Gasteiger charge is 2.19. The van der Waals surface area contributed by atoms with E-state index in [1.807, 2.05) is 0 Å². The molecule has 5 heteroatoms. The highest BCUT2D eigenvalue weighted by Crippen LogP contribution is 2.15. The second kappa shape index (κ2) is 5.14. The van der Waals surface area contributed by atoms with Crippen LogP contribution in [0, 0.1) is 0 Å². The van der Waals surface area contributed by atoms with E-state index in [4.69, 9.17) is 11.6 Å². The molecule has 1 rings (SSSR count). The Labute approximate surface area is 86.2 Å². The lowest BCUT2D eigenvalue weighted by atomic mass is 10.0. The molecule has 14 heavy (non-hydrogen) atoms. The van der Waals surface area contributed by atoms with Crippen molar-refractivity contribution in [2.24, 2.45) is 0 Å². The molecule has 2 unspecified atom stereocenters. The molecule has 0 saturated heterocycles. The van der Waals surface area contributed by atoms with Gasteiger partial charge in [0.1, 0.15) is 6.10 Å². The van der Waals surface area contributed by atoms with E-state index in [0.717, 1.165) is 0 Å². The van der Waals surface area contributed by atoms with Crippen LogP contribution >= 0.6 is 11.6 Å². The zero-order valence-electron chi connectivity index (χ0n) is 7.48. The number of H-pyrrole nitrogens is 1. The molecule has 0 amide bonds. The summed E-state index contributed by atoms with van der Waals surface area (Å²) in [6, 6.07) is 3.06. The number of alkyl halides is 1. The van der Waals surface area contributed by atoms with Crippen LogP contribution in [0.1, 0.15) is 18.1 Å². The number of nitrogens with one attached hydrogen (secondary N) is 1. The van der Waals surface area contributed by atoms with Crippen LogP contribution in [0.4, 0.5) is 0 Å². The van der Waals surface area contributed by atoms with Crippen molar-refractivity contribution in [3.05, 3.63) is 34.2 Å². The van der Waals surface area contributed by atoms with Crippen molar-refractivity contribution >= 4 is 11.6 Å². The van der Waals surface area contributed by atoms with Gasteiger partial charge in [-0.15, -0.1) is 11.6 Å². The first-order chi connectivity index (χ1) is 6.66. The minimum absolute atomic E-state index is 0.158. The number of aromatic nitrogens is 1. The molecule has 1 heterocycles. The van der Waals surface area contributed by atoms with Crippen LogP contribution in [-0.4, -0.2) is 27.2 Å². The number of hydrogen-bond donors (Lipinski definition) is 3. The van der Waals surface area contributed by atoms with Crippen LogP contribution in [0.3, 0.4) is 0 Å². The summed E-state index contributed by atoms with van der Waals surface area (Å²) in [5, 5.41) is 19.0. The Morgan fingerprint density at radius 1 is 1.50 bits per heavy atom. The average molecular weight is 218 g/mol. The number of rotatable bonds is 4. The zero-order chi connectivity index (χ0) is 10.6. The predicted octanol–water partition coefficient (Wildman–Crippen LogP) is 0.398. The SMILES string of the molecule is O=c1[nH]cccc1C(O)C(O)CCCl. The van der Waals surface area contributed by atoms with E-state index in [9.17, 15) is 15.0 Å². The minimum Gasteiger partial charge on any atom is -0.390 e. The largest absolute Gasteiger partial charge is 0.390 e. The molecule has 2 atom stereocenters. The van der Waals surface area contributed by atoms with E-state index < -0.39 is 17.8 Å². The third kappa shape index (κ3) is 2.57. The summed E-state index contributed by atoms with van der Waals surface area (Å²) in [7, 11) is 0. The van der Waals surface area contributed by atoms with Crippen LogP contribution in [0.2, 0.25) is 0 Å². The van der Waals surface area contributed by atoms with Gasteiger partial charge >= 0.3 is 0 Å². The number of halogens is 1. The fraction of sp³-hybridized carbons (Fsp3) is 0.444. The zero-order valence-corrected chi connectivity index (χ0v) is 8.24. The standard InChI is InChI=1S/C9H12ClNO3/c10-4-3-7(12)8(13)6-2-1-5-11-9(6)14/h1-2,5,7-8,12-13H,3-4H2,(H,11,14). The fourth-order valence-corrected chi connectivity index (χ4v) is 1.37. The maximum Gasteiger partial charge on any atom is 0.253 e. The van der Waals surface area contributed by atoms with Gasteiger partial charge in [0, 0.05) is 17.6 Å². The number of aromatic amines is 1. The highest BCUT2D eigenvalue weighted by atomic mass is 35.5. The van der Waals surface area contributed by atoms with Crippen LogP contribution < -0.4 is 5.56 Å². The summed E-state index contributed by atoms with van der Waals surface area (Å²) in [4.78, 5) is 13.6. The Morgan fingerprint density at radius 3 is 2.79 bits per heavy atom. The van der Waals surface area contributed by atoms with E-state index >= 15 is 0 Å². The van der Waals surface area contributed by atoms with Gasteiger partial charge in [-0.1, -0.05) is 0 Å². The first-order valence-electron chi connectivity index (χ1n) is 4.26. The van der Waals surface area contributed by atoms with Gasteiger partial charge in [-0.2, -0.15) is 0 Å². The first kappa shape index (κ1) is 11.2. The lowest BCUT2D eigenvalue weighted by Crippen LogP contribution is -2.25. The summed E-state index contributed by atoms with van der Waals surface area (Å²) in [5.41, 5.74) is -0.237. The van der Waals surface area contributed by atoms with Gasteiger partial charge in [-0.25, -0.2) is 0 Å². The van der Waals surface area contributed by atoms with E-state index in [1.54, 1.807) is 6.07 Å². The number of hydrogen-bond acceptors (Lipinski definition) is 3. The van der Waals surface area contributed by atoms with Crippen LogP contribution in [0.25, 0.3) is 0 Å². The van der Waals surface area contributed by atoms with Crippen molar-refractivity contribution < 1.29 is 10.2 Å². The maximum atomic E-state index is 11.2. The molecule has 1 aromatic rings. The third-order valence-corrected chi connectivity index (χ3v) is 2.15. The molecule has 0 spiro atoms. The quantitative estimate of drug-likeness (QED) is 0.640. The van der Waals surface area contributed by atoms with Gasteiger partial charge in [0.15, 0.2) is 0 Å². The summed E-state index contributed by atoms with van der Waals surface area (Å²) in [6.07, 6.45) is -0.474. The van der Waals surface area contributed by atoms with Crippen LogP contribution in [0.5, 0.6) is 0 Å². The molecule has 0 aliphatic rings. The molecule has 3 N–H and O–H groups in total. The van der Waals surface area contributed by atoms with Crippen molar-refractivity contribution in [2.75, 3.05) is 5.88 Å². The van der Waals surface area contributed by atoms with Gasteiger partial charge < -0.3 is 15.2 Å². The molecule has 4 nitrogen and oxygen atoms in total. The molecule has 0 aliphatic heterocycles. The van der Waals surface area contributed by atoms with Gasteiger partial charge in [0.05, 0.1) is 6.10 Å². The van der Waals surface area contributed by atoms with Crippen molar-refractivity contribution in [2.45, 2.75) is 18.6 Å². The Balaban J connectivity index is 2.84. The summed E-state index contributed by atoms with van der Waals surface area (Å²) in [6.45, 7) is 0. The summed E-state index contributed by atoms with van der Waals surface area (Å²) >= 11 is 5.41. The fourth-order valence-electron chi connectivity index (χ4n) is 1.14.